The fourth-order valence-corrected chi connectivity index (χ4v) is 3.59. The summed E-state index contributed by atoms with van der Waals surface area (Å²) in [6, 6.07) is 2.79. The van der Waals surface area contributed by atoms with E-state index >= 15 is 0 Å². The first-order valence-electron chi connectivity index (χ1n) is 9.27. The molecule has 0 bridgehead atoms. The van der Waals surface area contributed by atoms with Crippen molar-refractivity contribution in [2.24, 2.45) is 5.41 Å². The Morgan fingerprint density at radius 1 is 1.33 bits per heavy atom. The number of aromatic nitrogens is 2. The minimum Gasteiger partial charge on any atom is -0.484 e. The summed E-state index contributed by atoms with van der Waals surface area (Å²) in [5.74, 6) is -0.600. The molecule has 10 heteroatoms. The van der Waals surface area contributed by atoms with Crippen LogP contribution in [0, 0.1) is 16.7 Å². The van der Waals surface area contributed by atoms with E-state index in [1.165, 1.54) is 23.6 Å². The Balaban J connectivity index is 2.26. The van der Waals surface area contributed by atoms with E-state index in [0.29, 0.717) is 18.4 Å². The van der Waals surface area contributed by atoms with E-state index in [1.54, 1.807) is 11.6 Å². The average Bonchev–Trinajstić information content (AvgIpc) is 3.17. The number of unbranched alkanes of at least 4 members (excludes halogenated alkanes) is 1. The van der Waals surface area contributed by atoms with Gasteiger partial charge >= 0.3 is 6.18 Å². The number of hydrogen-bond acceptors (Lipinski definition) is 6. The van der Waals surface area contributed by atoms with Crippen LogP contribution in [0.3, 0.4) is 0 Å². The Labute approximate surface area is 177 Å². The molecular weight excluding hydrogens is 417 g/mol. The average molecular weight is 440 g/mol. The van der Waals surface area contributed by atoms with Crippen LogP contribution in [0.25, 0.3) is 0 Å². The Morgan fingerprint density at radius 2 is 2.07 bits per heavy atom. The summed E-state index contributed by atoms with van der Waals surface area (Å²) in [5, 5.41) is 14.1. The van der Waals surface area contributed by atoms with Crippen LogP contribution in [0.2, 0.25) is 0 Å². The van der Waals surface area contributed by atoms with Crippen LogP contribution in [0.15, 0.2) is 23.8 Å². The van der Waals surface area contributed by atoms with Crippen LogP contribution in [-0.2, 0) is 6.42 Å². The number of nitrogens with one attached hydrogen (secondary N) is 1. The van der Waals surface area contributed by atoms with Gasteiger partial charge in [-0.25, -0.2) is 4.98 Å². The number of thiazole rings is 1. The molecule has 162 valence electrons. The van der Waals surface area contributed by atoms with Crippen LogP contribution in [0.5, 0.6) is 5.75 Å². The number of carbonyl (C=O) groups excluding carboxylic acids is 1. The van der Waals surface area contributed by atoms with Gasteiger partial charge in [0.05, 0.1) is 12.1 Å². The lowest BCUT2D eigenvalue weighted by Crippen LogP contribution is -2.37. The molecule has 30 heavy (non-hydrogen) atoms. The van der Waals surface area contributed by atoms with E-state index in [0.717, 1.165) is 5.01 Å². The fourth-order valence-electron chi connectivity index (χ4n) is 2.66. The van der Waals surface area contributed by atoms with Gasteiger partial charge in [0.1, 0.15) is 16.5 Å². The Morgan fingerprint density at radius 3 is 2.63 bits per heavy atom. The van der Waals surface area contributed by atoms with Gasteiger partial charge in [-0.2, -0.15) is 18.4 Å². The zero-order valence-corrected chi connectivity index (χ0v) is 17.7. The molecule has 2 aromatic heterocycles. The normalized spacial score (nSPS) is 12.8. The highest BCUT2D eigenvalue weighted by atomic mass is 32.1. The lowest BCUT2D eigenvalue weighted by atomic mass is 9.87. The maximum absolute atomic E-state index is 12.8. The molecule has 1 unspecified atom stereocenters. The van der Waals surface area contributed by atoms with Crippen LogP contribution < -0.4 is 10.1 Å². The summed E-state index contributed by atoms with van der Waals surface area (Å²) >= 11 is 1.40. The van der Waals surface area contributed by atoms with Gasteiger partial charge in [-0.1, -0.05) is 20.8 Å². The molecule has 1 atom stereocenters. The molecule has 2 heterocycles. The highest BCUT2D eigenvalue weighted by Gasteiger charge is 2.31. The molecule has 2 aromatic rings. The predicted octanol–water partition coefficient (Wildman–Crippen LogP) is 4.84. The van der Waals surface area contributed by atoms with Gasteiger partial charge in [-0.05, 0) is 18.3 Å². The molecule has 6 nitrogen and oxygen atoms in total. The molecule has 0 saturated carbocycles. The van der Waals surface area contributed by atoms with E-state index < -0.39 is 24.7 Å². The molecule has 1 amide bonds. The summed E-state index contributed by atoms with van der Waals surface area (Å²) in [7, 11) is 0. The SMILES string of the molecule is CC(C)(C)C(NC(=O)c1cc(OCC(F)(F)F)c(CCCC#N)cn1)c1nccs1. The minimum atomic E-state index is -4.52. The largest absolute Gasteiger partial charge is 0.484 e. The van der Waals surface area contributed by atoms with Crippen molar-refractivity contribution in [1.29, 1.82) is 5.26 Å². The number of pyridine rings is 1. The van der Waals surface area contributed by atoms with Crippen LogP contribution in [-0.4, -0.2) is 28.7 Å². The van der Waals surface area contributed by atoms with E-state index in [2.05, 4.69) is 15.3 Å². The quantitative estimate of drug-likeness (QED) is 0.594. The number of amides is 1. The van der Waals surface area contributed by atoms with E-state index in [-0.39, 0.29) is 23.3 Å². The van der Waals surface area contributed by atoms with Gasteiger partial charge in [0.2, 0.25) is 0 Å². The first kappa shape index (κ1) is 23.6. The minimum absolute atomic E-state index is 0.0537. The zero-order valence-electron chi connectivity index (χ0n) is 16.9. The lowest BCUT2D eigenvalue weighted by Gasteiger charge is -2.29. The summed E-state index contributed by atoms with van der Waals surface area (Å²) in [4.78, 5) is 21.2. The number of rotatable bonds is 8. The van der Waals surface area contributed by atoms with Crippen LogP contribution >= 0.6 is 11.3 Å². The Bertz CT molecular complexity index is 887. The third-order valence-corrected chi connectivity index (χ3v) is 4.98. The van der Waals surface area contributed by atoms with Crippen molar-refractivity contribution < 1.29 is 22.7 Å². The number of ether oxygens (including phenoxy) is 1. The fraction of sp³-hybridized carbons (Fsp3) is 0.500. The maximum Gasteiger partial charge on any atom is 0.422 e. The summed E-state index contributed by atoms with van der Waals surface area (Å²) in [6.45, 7) is 4.36. The van der Waals surface area contributed by atoms with Crippen molar-refractivity contribution in [3.8, 4) is 11.8 Å². The molecule has 0 aliphatic heterocycles. The summed E-state index contributed by atoms with van der Waals surface area (Å²) < 4.78 is 42.8. The molecule has 2 rings (SSSR count). The number of hydrogen-bond donors (Lipinski definition) is 1. The molecule has 0 aliphatic rings. The van der Waals surface area contributed by atoms with Crippen molar-refractivity contribution in [2.45, 2.75) is 52.3 Å². The number of alkyl halides is 3. The molecule has 0 saturated heterocycles. The van der Waals surface area contributed by atoms with Gasteiger partial charge in [0, 0.05) is 35.8 Å². The zero-order chi connectivity index (χ0) is 22.4. The number of carbonyl (C=O) groups is 1. The topological polar surface area (TPSA) is 87.9 Å². The molecule has 1 N–H and O–H groups in total. The Kier molecular flexibility index (Phi) is 7.78. The lowest BCUT2D eigenvalue weighted by molar-refractivity contribution is -0.153. The first-order chi connectivity index (χ1) is 14.0. The van der Waals surface area contributed by atoms with Gasteiger partial charge in [-0.15, -0.1) is 11.3 Å². The molecular formula is C20H23F3N4O2S. The van der Waals surface area contributed by atoms with Gasteiger partial charge in [0.25, 0.3) is 5.91 Å². The summed E-state index contributed by atoms with van der Waals surface area (Å²) in [6.07, 6.45) is -0.531. The van der Waals surface area contributed by atoms with Crippen molar-refractivity contribution >= 4 is 17.2 Å². The molecule has 0 radical (unpaired) electrons. The number of halogens is 3. The monoisotopic (exact) mass is 440 g/mol. The van der Waals surface area contributed by atoms with Crippen molar-refractivity contribution in [3.05, 3.63) is 40.1 Å². The van der Waals surface area contributed by atoms with E-state index in [1.807, 2.05) is 26.8 Å². The second kappa shape index (κ2) is 9.89. The maximum atomic E-state index is 12.8. The molecule has 0 spiro atoms. The third kappa shape index (κ3) is 6.99. The number of nitrogens with zero attached hydrogens (tertiary/aromatic N) is 3. The highest BCUT2D eigenvalue weighted by Crippen LogP contribution is 2.34. The van der Waals surface area contributed by atoms with Gasteiger partial charge in [-0.3, -0.25) is 9.78 Å². The molecule has 0 aliphatic carbocycles. The standard InChI is InChI=1S/C20H23F3N4O2S/c1-19(2,3)16(18-25-8-9-30-18)27-17(28)14-10-15(29-12-20(21,22)23)13(11-26-14)6-4-5-7-24/h8-11,16H,4-6,12H2,1-3H3,(H,27,28). The smallest absolute Gasteiger partial charge is 0.422 e. The Hall–Kier alpha value is -2.67. The van der Waals surface area contributed by atoms with Crippen molar-refractivity contribution in [3.63, 3.8) is 0 Å². The van der Waals surface area contributed by atoms with E-state index in [9.17, 15) is 18.0 Å². The van der Waals surface area contributed by atoms with E-state index in [4.69, 9.17) is 10.00 Å². The van der Waals surface area contributed by atoms with Gasteiger partial charge in [0.15, 0.2) is 6.61 Å². The molecule has 0 fully saturated rings. The van der Waals surface area contributed by atoms with Crippen molar-refractivity contribution in [1.82, 2.24) is 15.3 Å². The third-order valence-electron chi connectivity index (χ3n) is 4.14. The van der Waals surface area contributed by atoms with Crippen LogP contribution in [0.4, 0.5) is 13.2 Å². The second-order valence-corrected chi connectivity index (χ2v) is 8.66. The second-order valence-electron chi connectivity index (χ2n) is 7.74. The van der Waals surface area contributed by atoms with Crippen LogP contribution in [0.1, 0.15) is 60.7 Å². The first-order valence-corrected chi connectivity index (χ1v) is 10.1. The predicted molar refractivity (Wildman–Crippen MR) is 106 cm³/mol. The number of aryl methyl sites for hydroxylation is 1. The number of nitriles is 1. The molecule has 0 aromatic carbocycles. The highest BCUT2D eigenvalue weighted by molar-refractivity contribution is 7.09. The van der Waals surface area contributed by atoms with Gasteiger partial charge < -0.3 is 10.1 Å². The summed E-state index contributed by atoms with van der Waals surface area (Å²) in [5.41, 5.74) is 0.0146. The van der Waals surface area contributed by atoms with Crippen molar-refractivity contribution in [2.75, 3.05) is 6.61 Å².